The van der Waals surface area contributed by atoms with Gasteiger partial charge in [-0.25, -0.2) is 9.97 Å². The summed E-state index contributed by atoms with van der Waals surface area (Å²) in [7, 11) is 3.14. The van der Waals surface area contributed by atoms with E-state index in [1.54, 1.807) is 38.5 Å². The van der Waals surface area contributed by atoms with Gasteiger partial charge in [-0.15, -0.1) is 0 Å². The first-order valence-electron chi connectivity index (χ1n) is 13.0. The Hall–Kier alpha value is -5.44. The molecule has 41 heavy (non-hydrogen) atoms. The molecule has 0 saturated carbocycles. The van der Waals surface area contributed by atoms with Crippen LogP contribution in [0.15, 0.2) is 91.3 Å². The largest absolute Gasteiger partial charge is 0.493 e. The summed E-state index contributed by atoms with van der Waals surface area (Å²) < 4.78 is 16.7. The summed E-state index contributed by atoms with van der Waals surface area (Å²) in [5, 5.41) is 4.24. The summed E-state index contributed by atoms with van der Waals surface area (Å²) in [5.41, 5.74) is 3.31. The molecule has 0 radical (unpaired) electrons. The van der Waals surface area contributed by atoms with Crippen LogP contribution in [0.5, 0.6) is 23.0 Å². The summed E-state index contributed by atoms with van der Waals surface area (Å²) in [5.74, 6) is 2.33. The van der Waals surface area contributed by atoms with Crippen molar-refractivity contribution in [3.63, 3.8) is 0 Å². The first-order chi connectivity index (χ1) is 20.0. The zero-order valence-corrected chi connectivity index (χ0v) is 22.5. The molecule has 0 bridgehead atoms. The molecule has 1 aliphatic heterocycles. The number of nitrogens with one attached hydrogen (secondary N) is 1. The van der Waals surface area contributed by atoms with Crippen molar-refractivity contribution in [2.24, 2.45) is 0 Å². The summed E-state index contributed by atoms with van der Waals surface area (Å²) in [6.45, 7) is 0.244. The zero-order chi connectivity index (χ0) is 28.3. The molecule has 0 fully saturated rings. The van der Waals surface area contributed by atoms with Crippen molar-refractivity contribution >= 4 is 34.2 Å². The molecule has 1 aliphatic rings. The predicted octanol–water partition coefficient (Wildman–Crippen LogP) is 6.02. The Morgan fingerprint density at radius 2 is 1.51 bits per heavy atom. The number of para-hydroxylation sites is 1. The van der Waals surface area contributed by atoms with Crippen LogP contribution in [-0.2, 0) is 6.42 Å². The second kappa shape index (κ2) is 11.0. The monoisotopic (exact) mass is 546 g/mol. The lowest BCUT2D eigenvalue weighted by Crippen LogP contribution is -2.31. The molecule has 0 spiro atoms. The number of amides is 2. The average Bonchev–Trinajstić information content (AvgIpc) is 3.25. The van der Waals surface area contributed by atoms with Gasteiger partial charge in [0.15, 0.2) is 11.5 Å². The highest BCUT2D eigenvalue weighted by atomic mass is 16.5. The highest BCUT2D eigenvalue weighted by Crippen LogP contribution is 2.32. The quantitative estimate of drug-likeness (QED) is 0.224. The van der Waals surface area contributed by atoms with E-state index in [0.717, 1.165) is 22.2 Å². The minimum absolute atomic E-state index is 0.244. The van der Waals surface area contributed by atoms with Crippen LogP contribution >= 0.6 is 0 Å². The van der Waals surface area contributed by atoms with Gasteiger partial charge >= 0.3 is 0 Å². The SMILES string of the molecule is COc1ccc(CCN2C(=O)c3ccc(Oc4ccc(Nc5ncnc6ccccc56)cc4)cc3C2=O)cc1OC. The van der Waals surface area contributed by atoms with Crippen LogP contribution in [0.2, 0.25) is 0 Å². The fraction of sp³-hybridized carbons (Fsp3) is 0.125. The Bertz CT molecular complexity index is 1770. The number of aromatic nitrogens is 2. The molecule has 2 heterocycles. The smallest absolute Gasteiger partial charge is 0.261 e. The number of methoxy groups -OCH3 is 2. The predicted molar refractivity (Wildman–Crippen MR) is 154 cm³/mol. The maximum Gasteiger partial charge on any atom is 0.261 e. The van der Waals surface area contributed by atoms with Gasteiger partial charge in [-0.2, -0.15) is 0 Å². The van der Waals surface area contributed by atoms with E-state index in [-0.39, 0.29) is 18.4 Å². The summed E-state index contributed by atoms with van der Waals surface area (Å²) in [6, 6.07) is 25.7. The zero-order valence-electron chi connectivity index (χ0n) is 22.5. The first-order valence-corrected chi connectivity index (χ1v) is 13.0. The second-order valence-electron chi connectivity index (χ2n) is 9.40. The van der Waals surface area contributed by atoms with Crippen molar-refractivity contribution < 1.29 is 23.8 Å². The van der Waals surface area contributed by atoms with Gasteiger partial charge in [-0.05, 0) is 78.7 Å². The summed E-state index contributed by atoms with van der Waals surface area (Å²) in [6.07, 6.45) is 2.01. The number of anilines is 2. The van der Waals surface area contributed by atoms with Gasteiger partial charge in [-0.3, -0.25) is 14.5 Å². The lowest BCUT2D eigenvalue weighted by molar-refractivity contribution is 0.0656. The average molecular weight is 547 g/mol. The van der Waals surface area contributed by atoms with E-state index in [1.807, 2.05) is 60.7 Å². The number of benzene rings is 4. The lowest BCUT2D eigenvalue weighted by Gasteiger charge is -2.14. The van der Waals surface area contributed by atoms with Crippen molar-refractivity contribution in [1.29, 1.82) is 0 Å². The Balaban J connectivity index is 1.12. The van der Waals surface area contributed by atoms with Crippen LogP contribution in [-0.4, -0.2) is 47.4 Å². The number of rotatable bonds is 9. The lowest BCUT2D eigenvalue weighted by atomic mass is 10.1. The normalized spacial score (nSPS) is 12.4. The Kier molecular flexibility index (Phi) is 6.91. The van der Waals surface area contributed by atoms with E-state index in [1.165, 1.54) is 11.2 Å². The molecule has 5 aromatic rings. The molecule has 0 atom stereocenters. The van der Waals surface area contributed by atoms with Crippen LogP contribution in [0.25, 0.3) is 10.9 Å². The highest BCUT2D eigenvalue weighted by Gasteiger charge is 2.35. The maximum absolute atomic E-state index is 13.2. The van der Waals surface area contributed by atoms with Gasteiger partial charge in [0, 0.05) is 17.6 Å². The third-order valence-electron chi connectivity index (χ3n) is 6.91. The fourth-order valence-corrected chi connectivity index (χ4v) is 4.80. The molecule has 9 heteroatoms. The molecular weight excluding hydrogens is 520 g/mol. The van der Waals surface area contributed by atoms with E-state index >= 15 is 0 Å². The van der Waals surface area contributed by atoms with E-state index in [0.29, 0.717) is 46.4 Å². The van der Waals surface area contributed by atoms with Crippen molar-refractivity contribution in [2.45, 2.75) is 6.42 Å². The van der Waals surface area contributed by atoms with Crippen molar-refractivity contribution in [2.75, 3.05) is 26.1 Å². The Morgan fingerprint density at radius 3 is 2.32 bits per heavy atom. The molecule has 6 rings (SSSR count). The van der Waals surface area contributed by atoms with Crippen molar-refractivity contribution in [3.05, 3.63) is 108 Å². The van der Waals surface area contributed by atoms with E-state index in [9.17, 15) is 9.59 Å². The topological polar surface area (TPSA) is 103 Å². The van der Waals surface area contributed by atoms with Crippen LogP contribution < -0.4 is 19.5 Å². The standard InChI is InChI=1S/C32H26N4O5/c1-39-28-14-7-20(17-29(28)40-2)15-16-36-31(37)24-13-12-23(18-26(24)32(36)38)41-22-10-8-21(9-11-22)35-30-25-5-3-4-6-27(25)33-19-34-30/h3-14,17-19H,15-16H2,1-2H3,(H,33,34,35). The number of hydrogen-bond donors (Lipinski definition) is 1. The fourth-order valence-electron chi connectivity index (χ4n) is 4.80. The molecular formula is C32H26N4O5. The maximum atomic E-state index is 13.2. The summed E-state index contributed by atoms with van der Waals surface area (Å²) in [4.78, 5) is 36.1. The molecule has 1 N–H and O–H groups in total. The molecule has 0 saturated heterocycles. The van der Waals surface area contributed by atoms with Gasteiger partial charge < -0.3 is 19.5 Å². The summed E-state index contributed by atoms with van der Waals surface area (Å²) >= 11 is 0. The first kappa shape index (κ1) is 25.8. The third-order valence-corrected chi connectivity index (χ3v) is 6.91. The third kappa shape index (κ3) is 5.12. The minimum Gasteiger partial charge on any atom is -0.493 e. The van der Waals surface area contributed by atoms with Crippen molar-refractivity contribution in [1.82, 2.24) is 14.9 Å². The number of hydrogen-bond acceptors (Lipinski definition) is 8. The Labute approximate surface area is 236 Å². The van der Waals surface area contributed by atoms with Gasteiger partial charge in [0.05, 0.1) is 30.9 Å². The highest BCUT2D eigenvalue weighted by molar-refractivity contribution is 6.21. The van der Waals surface area contributed by atoms with Crippen LogP contribution in [0, 0.1) is 0 Å². The number of carbonyl (C=O) groups is 2. The molecule has 0 unspecified atom stereocenters. The van der Waals surface area contributed by atoms with E-state index in [2.05, 4.69) is 15.3 Å². The number of carbonyl (C=O) groups excluding carboxylic acids is 2. The molecule has 1 aromatic heterocycles. The van der Waals surface area contributed by atoms with Gasteiger partial charge in [0.2, 0.25) is 0 Å². The van der Waals surface area contributed by atoms with Gasteiger partial charge in [0.25, 0.3) is 11.8 Å². The second-order valence-corrected chi connectivity index (χ2v) is 9.40. The molecule has 0 aliphatic carbocycles. The van der Waals surface area contributed by atoms with Crippen LogP contribution in [0.3, 0.4) is 0 Å². The number of imide groups is 1. The molecule has 204 valence electrons. The van der Waals surface area contributed by atoms with Crippen molar-refractivity contribution in [3.8, 4) is 23.0 Å². The molecule has 2 amide bonds. The van der Waals surface area contributed by atoms with E-state index < -0.39 is 0 Å². The number of ether oxygens (including phenoxy) is 3. The van der Waals surface area contributed by atoms with Crippen LogP contribution in [0.1, 0.15) is 26.3 Å². The molecule has 9 nitrogen and oxygen atoms in total. The Morgan fingerprint density at radius 1 is 0.756 bits per heavy atom. The number of nitrogens with zero attached hydrogens (tertiary/aromatic N) is 3. The molecule has 4 aromatic carbocycles. The van der Waals surface area contributed by atoms with Gasteiger partial charge in [0.1, 0.15) is 23.6 Å². The van der Waals surface area contributed by atoms with E-state index in [4.69, 9.17) is 14.2 Å². The minimum atomic E-state index is -0.340. The van der Waals surface area contributed by atoms with Crippen LogP contribution in [0.4, 0.5) is 11.5 Å². The van der Waals surface area contributed by atoms with Gasteiger partial charge in [-0.1, -0.05) is 18.2 Å². The number of fused-ring (bicyclic) bond motifs is 2.